The van der Waals surface area contributed by atoms with Crippen molar-refractivity contribution in [2.45, 2.75) is 24.7 Å². The second kappa shape index (κ2) is 12.8. The number of hydrogen-bond donors (Lipinski definition) is 0. The first-order valence-corrected chi connectivity index (χ1v) is 20.0. The third-order valence-electron chi connectivity index (χ3n) is 12.7. The van der Waals surface area contributed by atoms with Crippen LogP contribution in [0.3, 0.4) is 0 Å². The fourth-order valence-electron chi connectivity index (χ4n) is 10.0. The minimum absolute atomic E-state index is 0.128. The molecule has 0 atom stereocenters. The molecule has 0 aliphatic heterocycles. The Labute approximate surface area is 335 Å². The molecule has 270 valence electrons. The molecule has 11 rings (SSSR count). The van der Waals surface area contributed by atoms with Gasteiger partial charge in [0.2, 0.25) is 0 Å². The first kappa shape index (κ1) is 33.4. The molecule has 9 aromatic rings. The van der Waals surface area contributed by atoms with E-state index in [-0.39, 0.29) is 5.41 Å². The van der Waals surface area contributed by atoms with Crippen LogP contribution in [0.1, 0.15) is 47.2 Å². The molecule has 1 heteroatoms. The van der Waals surface area contributed by atoms with Gasteiger partial charge in [0.25, 0.3) is 0 Å². The van der Waals surface area contributed by atoms with Gasteiger partial charge in [0.15, 0.2) is 0 Å². The average molecular weight is 728 g/mol. The molecule has 0 aromatic heterocycles. The fourth-order valence-corrected chi connectivity index (χ4v) is 10.0. The summed E-state index contributed by atoms with van der Waals surface area (Å²) in [5.41, 5.74) is 18.2. The Bertz CT molecular complexity index is 2940. The summed E-state index contributed by atoms with van der Waals surface area (Å²) in [6, 6.07) is 78.9. The molecular formula is C56H41N. The Kier molecular flexibility index (Phi) is 7.50. The highest BCUT2D eigenvalue weighted by Crippen LogP contribution is 2.58. The molecule has 57 heavy (non-hydrogen) atoms. The number of fused-ring (bicyclic) bond motifs is 7. The molecule has 0 fully saturated rings. The zero-order chi connectivity index (χ0) is 38.1. The SMILES string of the molecule is CC1(C)c2ccccc2-c2ccc(N(c3cccc(-c4ccccc4)c3)c3ccc4c(c3)C(c3ccccc3)(c3ccccc3)c3cc5ccccc5cc3-4)cc21. The van der Waals surface area contributed by atoms with Crippen molar-refractivity contribution < 1.29 is 0 Å². The van der Waals surface area contributed by atoms with E-state index < -0.39 is 5.41 Å². The molecule has 0 spiro atoms. The van der Waals surface area contributed by atoms with Crippen LogP contribution in [0.25, 0.3) is 44.2 Å². The Morgan fingerprint density at radius 3 is 1.49 bits per heavy atom. The van der Waals surface area contributed by atoms with Crippen molar-refractivity contribution >= 4 is 27.8 Å². The normalized spacial score (nSPS) is 14.1. The van der Waals surface area contributed by atoms with Gasteiger partial charge in [-0.3, -0.25) is 0 Å². The van der Waals surface area contributed by atoms with Crippen LogP contribution in [0.15, 0.2) is 212 Å². The zero-order valence-electron chi connectivity index (χ0n) is 32.2. The smallest absolute Gasteiger partial charge is 0.0714 e. The maximum atomic E-state index is 2.49. The van der Waals surface area contributed by atoms with Gasteiger partial charge in [-0.15, -0.1) is 0 Å². The largest absolute Gasteiger partial charge is 0.310 e. The molecule has 0 unspecified atom stereocenters. The molecule has 0 bridgehead atoms. The van der Waals surface area contributed by atoms with Crippen molar-refractivity contribution in [2.75, 3.05) is 4.90 Å². The summed E-state index contributed by atoms with van der Waals surface area (Å²) in [5, 5.41) is 2.51. The number of hydrogen-bond acceptors (Lipinski definition) is 1. The van der Waals surface area contributed by atoms with Gasteiger partial charge in [-0.1, -0.05) is 178 Å². The second-order valence-corrected chi connectivity index (χ2v) is 16.1. The standard InChI is InChI=1S/C56H41N/c1-55(2)51-28-15-14-27-47(51)48-31-29-45(36-52(48)55)57(44-26-16-21-39(33-44)38-17-6-3-7-18-38)46-30-32-49-50-34-40-19-12-13-20-41(40)35-53(50)56(54(49)37-46,42-22-8-4-9-23-42)43-24-10-5-11-25-43/h3-37H,1-2H3. The maximum Gasteiger partial charge on any atom is 0.0714 e. The molecule has 9 aromatic carbocycles. The van der Waals surface area contributed by atoms with Crippen molar-refractivity contribution in [1.82, 2.24) is 0 Å². The molecule has 0 heterocycles. The van der Waals surface area contributed by atoms with E-state index in [4.69, 9.17) is 0 Å². The highest BCUT2D eigenvalue weighted by Gasteiger charge is 2.47. The quantitative estimate of drug-likeness (QED) is 0.165. The minimum atomic E-state index is -0.535. The van der Waals surface area contributed by atoms with E-state index in [9.17, 15) is 0 Å². The van der Waals surface area contributed by atoms with Crippen LogP contribution in [0.5, 0.6) is 0 Å². The summed E-state index contributed by atoms with van der Waals surface area (Å²) in [4.78, 5) is 2.48. The van der Waals surface area contributed by atoms with Crippen LogP contribution in [0.4, 0.5) is 17.1 Å². The molecule has 0 N–H and O–H groups in total. The van der Waals surface area contributed by atoms with Crippen LogP contribution in [0.2, 0.25) is 0 Å². The monoisotopic (exact) mass is 727 g/mol. The third kappa shape index (κ3) is 5.02. The Morgan fingerprint density at radius 1 is 0.316 bits per heavy atom. The molecular weight excluding hydrogens is 687 g/mol. The van der Waals surface area contributed by atoms with Gasteiger partial charge in [0.05, 0.1) is 5.41 Å². The highest BCUT2D eigenvalue weighted by molar-refractivity contribution is 5.97. The molecule has 0 saturated heterocycles. The van der Waals surface area contributed by atoms with Crippen LogP contribution < -0.4 is 4.90 Å². The molecule has 0 amide bonds. The summed E-state index contributed by atoms with van der Waals surface area (Å²) < 4.78 is 0. The van der Waals surface area contributed by atoms with Gasteiger partial charge < -0.3 is 4.90 Å². The van der Waals surface area contributed by atoms with Crippen molar-refractivity contribution in [3.8, 4) is 33.4 Å². The lowest BCUT2D eigenvalue weighted by Crippen LogP contribution is -2.28. The molecule has 2 aliphatic rings. The summed E-state index contributed by atoms with van der Waals surface area (Å²) in [7, 11) is 0. The number of anilines is 3. The molecule has 0 saturated carbocycles. The third-order valence-corrected chi connectivity index (χ3v) is 12.7. The average Bonchev–Trinajstić information content (AvgIpc) is 3.68. The van der Waals surface area contributed by atoms with Crippen molar-refractivity contribution in [3.05, 3.63) is 246 Å². The predicted molar refractivity (Wildman–Crippen MR) is 239 cm³/mol. The first-order chi connectivity index (χ1) is 28.0. The van der Waals surface area contributed by atoms with E-state index in [1.54, 1.807) is 0 Å². The van der Waals surface area contributed by atoms with Crippen LogP contribution in [0, 0.1) is 0 Å². The van der Waals surface area contributed by atoms with E-state index in [1.807, 2.05) is 0 Å². The molecule has 1 nitrogen and oxygen atoms in total. The first-order valence-electron chi connectivity index (χ1n) is 20.0. The lowest BCUT2D eigenvalue weighted by atomic mass is 9.67. The summed E-state index contributed by atoms with van der Waals surface area (Å²) >= 11 is 0. The van der Waals surface area contributed by atoms with Crippen LogP contribution >= 0.6 is 0 Å². The van der Waals surface area contributed by atoms with E-state index in [2.05, 4.69) is 231 Å². The highest BCUT2D eigenvalue weighted by atomic mass is 15.1. The van der Waals surface area contributed by atoms with Crippen molar-refractivity contribution in [2.24, 2.45) is 0 Å². The Balaban J connectivity index is 1.19. The second-order valence-electron chi connectivity index (χ2n) is 16.1. The van der Waals surface area contributed by atoms with Gasteiger partial charge in [0, 0.05) is 22.5 Å². The summed E-state index contributed by atoms with van der Waals surface area (Å²) in [6.45, 7) is 4.74. The van der Waals surface area contributed by atoms with Gasteiger partial charge >= 0.3 is 0 Å². The Morgan fingerprint density at radius 2 is 0.807 bits per heavy atom. The number of nitrogens with zero attached hydrogens (tertiary/aromatic N) is 1. The fraction of sp³-hybridized carbons (Fsp3) is 0.0714. The minimum Gasteiger partial charge on any atom is -0.310 e. The van der Waals surface area contributed by atoms with E-state index in [0.717, 1.165) is 17.1 Å². The van der Waals surface area contributed by atoms with E-state index in [1.165, 1.54) is 77.5 Å². The zero-order valence-corrected chi connectivity index (χ0v) is 32.2. The van der Waals surface area contributed by atoms with E-state index in [0.29, 0.717) is 0 Å². The summed E-state index contributed by atoms with van der Waals surface area (Å²) in [5.74, 6) is 0. The maximum absolute atomic E-state index is 2.49. The van der Waals surface area contributed by atoms with Crippen LogP contribution in [-0.4, -0.2) is 0 Å². The van der Waals surface area contributed by atoms with Gasteiger partial charge in [-0.2, -0.15) is 0 Å². The number of benzene rings is 9. The van der Waals surface area contributed by atoms with Crippen LogP contribution in [-0.2, 0) is 10.8 Å². The number of rotatable bonds is 6. The van der Waals surface area contributed by atoms with Gasteiger partial charge in [-0.05, 0) is 126 Å². The van der Waals surface area contributed by atoms with Crippen molar-refractivity contribution in [1.29, 1.82) is 0 Å². The van der Waals surface area contributed by atoms with Gasteiger partial charge in [0.1, 0.15) is 0 Å². The lowest BCUT2D eigenvalue weighted by Gasteiger charge is -2.35. The molecule has 0 radical (unpaired) electrons. The molecule has 2 aliphatic carbocycles. The topological polar surface area (TPSA) is 3.24 Å². The van der Waals surface area contributed by atoms with E-state index >= 15 is 0 Å². The lowest BCUT2D eigenvalue weighted by molar-refractivity contribution is 0.660. The summed E-state index contributed by atoms with van der Waals surface area (Å²) in [6.07, 6.45) is 0. The van der Waals surface area contributed by atoms with Gasteiger partial charge in [-0.25, -0.2) is 0 Å². The predicted octanol–water partition coefficient (Wildman–Crippen LogP) is 14.6. The Hall–Kier alpha value is -6.96. The van der Waals surface area contributed by atoms with Crippen molar-refractivity contribution in [3.63, 3.8) is 0 Å².